The van der Waals surface area contributed by atoms with Crippen molar-refractivity contribution in [2.75, 3.05) is 19.6 Å². The van der Waals surface area contributed by atoms with Gasteiger partial charge in [-0.25, -0.2) is 4.99 Å². The summed E-state index contributed by atoms with van der Waals surface area (Å²) in [6.45, 7) is 9.57. The van der Waals surface area contributed by atoms with E-state index in [0.717, 1.165) is 17.6 Å². The van der Waals surface area contributed by atoms with Gasteiger partial charge in [-0.3, -0.25) is 4.48 Å². The smallest absolute Gasteiger partial charge is 0.190 e. The molecule has 1 heterocycles. The van der Waals surface area contributed by atoms with Gasteiger partial charge in [0.05, 0.1) is 19.3 Å². The molecule has 0 saturated heterocycles. The van der Waals surface area contributed by atoms with Gasteiger partial charge >= 0.3 is 0 Å². The van der Waals surface area contributed by atoms with Crippen LogP contribution >= 0.6 is 0 Å². The molecule has 0 aromatic carbocycles. The maximum absolute atomic E-state index is 4.37. The third-order valence-electron chi connectivity index (χ3n) is 5.25. The van der Waals surface area contributed by atoms with Gasteiger partial charge in [0.1, 0.15) is 6.54 Å². The molecule has 0 spiro atoms. The highest BCUT2D eigenvalue weighted by atomic mass is 15.4. The highest BCUT2D eigenvalue weighted by Crippen LogP contribution is 2.15. The van der Waals surface area contributed by atoms with Crippen molar-refractivity contribution in [3.63, 3.8) is 0 Å². The molecule has 0 saturated carbocycles. The van der Waals surface area contributed by atoms with Crippen LogP contribution in [0.1, 0.15) is 96.8 Å². The summed E-state index contributed by atoms with van der Waals surface area (Å²) in [5.74, 6) is 0. The lowest BCUT2D eigenvalue weighted by Gasteiger charge is -2.24. The van der Waals surface area contributed by atoms with Crippen LogP contribution in [-0.2, 0) is 0 Å². The average Bonchev–Trinajstić information content (AvgIpc) is 3.04. The van der Waals surface area contributed by atoms with Gasteiger partial charge in [-0.2, -0.15) is 0 Å². The SMILES string of the molecule is C=C[N+]1(CCCCCCCCCCCCCCCC)C=NCC1. The van der Waals surface area contributed by atoms with E-state index in [2.05, 4.69) is 31.0 Å². The second-order valence-electron chi connectivity index (χ2n) is 7.35. The lowest BCUT2D eigenvalue weighted by Crippen LogP contribution is -2.40. The third-order valence-corrected chi connectivity index (χ3v) is 5.25. The van der Waals surface area contributed by atoms with E-state index >= 15 is 0 Å². The molecule has 1 atom stereocenters. The molecule has 1 aliphatic heterocycles. The summed E-state index contributed by atoms with van der Waals surface area (Å²) >= 11 is 0. The molecule has 0 bridgehead atoms. The first kappa shape index (κ1) is 20.4. The third kappa shape index (κ3) is 9.96. The Hall–Kier alpha value is -0.630. The molecule has 0 aliphatic carbocycles. The van der Waals surface area contributed by atoms with E-state index in [1.165, 1.54) is 96.4 Å². The summed E-state index contributed by atoms with van der Waals surface area (Å²) in [6, 6.07) is 0. The first-order valence-electron chi connectivity index (χ1n) is 10.3. The number of nitrogens with zero attached hydrogens (tertiary/aromatic N) is 2. The molecule has 1 rings (SSSR count). The summed E-state index contributed by atoms with van der Waals surface area (Å²) < 4.78 is 0.915. The lowest BCUT2D eigenvalue weighted by atomic mass is 10.0. The Balaban J connectivity index is 1.78. The van der Waals surface area contributed by atoms with Crippen LogP contribution in [0.4, 0.5) is 0 Å². The minimum atomic E-state index is 0.915. The zero-order valence-electron chi connectivity index (χ0n) is 15.8. The Bertz CT molecular complexity index is 311. The van der Waals surface area contributed by atoms with Gasteiger partial charge in [0.25, 0.3) is 0 Å². The Morgan fingerprint density at radius 2 is 1.30 bits per heavy atom. The second-order valence-corrected chi connectivity index (χ2v) is 7.35. The van der Waals surface area contributed by atoms with Gasteiger partial charge in [-0.15, -0.1) is 0 Å². The maximum Gasteiger partial charge on any atom is 0.190 e. The van der Waals surface area contributed by atoms with Crippen molar-refractivity contribution in [1.82, 2.24) is 0 Å². The van der Waals surface area contributed by atoms with E-state index in [-0.39, 0.29) is 0 Å². The molecule has 23 heavy (non-hydrogen) atoms. The van der Waals surface area contributed by atoms with Crippen molar-refractivity contribution in [1.29, 1.82) is 0 Å². The fourth-order valence-electron chi connectivity index (χ4n) is 3.52. The Morgan fingerprint density at radius 1 is 0.826 bits per heavy atom. The predicted octanol–water partition coefficient (Wildman–Crippen LogP) is 6.47. The Kier molecular flexibility index (Phi) is 12.2. The quantitative estimate of drug-likeness (QED) is 0.228. The number of quaternary nitrogens is 1. The van der Waals surface area contributed by atoms with Crippen LogP contribution in [0.5, 0.6) is 0 Å². The van der Waals surface area contributed by atoms with Crippen LogP contribution in [0.15, 0.2) is 17.8 Å². The molecule has 0 N–H and O–H groups in total. The molecule has 1 aliphatic rings. The van der Waals surface area contributed by atoms with Crippen molar-refractivity contribution in [3.8, 4) is 0 Å². The first-order valence-corrected chi connectivity index (χ1v) is 10.3. The molecule has 0 aromatic rings. The number of hydrogen-bond acceptors (Lipinski definition) is 1. The van der Waals surface area contributed by atoms with E-state index < -0.39 is 0 Å². The van der Waals surface area contributed by atoms with Crippen molar-refractivity contribution in [2.45, 2.75) is 96.8 Å². The average molecular weight is 322 g/mol. The van der Waals surface area contributed by atoms with Crippen LogP contribution < -0.4 is 0 Å². The largest absolute Gasteiger partial charge is 0.254 e. The van der Waals surface area contributed by atoms with E-state index in [4.69, 9.17) is 0 Å². The highest BCUT2D eigenvalue weighted by molar-refractivity contribution is 5.49. The van der Waals surface area contributed by atoms with E-state index in [0.29, 0.717) is 0 Å². The summed E-state index contributed by atoms with van der Waals surface area (Å²) in [5.41, 5.74) is 0. The summed E-state index contributed by atoms with van der Waals surface area (Å²) in [4.78, 5) is 4.37. The molecule has 134 valence electrons. The fraction of sp³-hybridized carbons (Fsp3) is 0.857. The van der Waals surface area contributed by atoms with Gasteiger partial charge in [-0.05, 0) is 19.4 Å². The standard InChI is InChI=1S/C21H41N2/c1-3-5-6-7-8-9-10-11-12-13-14-15-16-17-19-23(4-2)20-18-22-21-23/h4,21H,2-3,5-20H2,1H3/q+1. The Morgan fingerprint density at radius 3 is 1.70 bits per heavy atom. The van der Waals surface area contributed by atoms with Crippen molar-refractivity contribution in [2.24, 2.45) is 4.99 Å². The number of hydrogen-bond donors (Lipinski definition) is 0. The normalized spacial score (nSPS) is 20.2. The summed E-state index contributed by atoms with van der Waals surface area (Å²) in [7, 11) is 0. The molecule has 0 radical (unpaired) electrons. The zero-order chi connectivity index (χ0) is 16.6. The fourth-order valence-corrected chi connectivity index (χ4v) is 3.52. The van der Waals surface area contributed by atoms with E-state index in [1.54, 1.807) is 0 Å². The lowest BCUT2D eigenvalue weighted by molar-refractivity contribution is -0.774. The van der Waals surface area contributed by atoms with Gasteiger partial charge in [0.15, 0.2) is 6.34 Å². The maximum atomic E-state index is 4.37. The van der Waals surface area contributed by atoms with Gasteiger partial charge in [-0.1, -0.05) is 84.0 Å². The number of rotatable bonds is 16. The zero-order valence-corrected chi connectivity index (χ0v) is 15.8. The monoisotopic (exact) mass is 321 g/mol. The summed E-state index contributed by atoms with van der Waals surface area (Å²) in [6.07, 6.45) is 24.1. The Labute approximate surface area is 145 Å². The predicted molar refractivity (Wildman–Crippen MR) is 104 cm³/mol. The van der Waals surface area contributed by atoms with Gasteiger partial charge in [0.2, 0.25) is 0 Å². The topological polar surface area (TPSA) is 12.4 Å². The van der Waals surface area contributed by atoms with Crippen LogP contribution in [0.2, 0.25) is 0 Å². The van der Waals surface area contributed by atoms with Crippen molar-refractivity contribution in [3.05, 3.63) is 12.8 Å². The van der Waals surface area contributed by atoms with Crippen LogP contribution in [0.25, 0.3) is 0 Å². The molecule has 2 nitrogen and oxygen atoms in total. The molecule has 1 unspecified atom stereocenters. The van der Waals surface area contributed by atoms with Crippen LogP contribution in [-0.4, -0.2) is 30.5 Å². The molecule has 0 fully saturated rings. The van der Waals surface area contributed by atoms with Crippen LogP contribution in [0, 0.1) is 0 Å². The van der Waals surface area contributed by atoms with E-state index in [1.807, 2.05) is 0 Å². The van der Waals surface area contributed by atoms with Crippen molar-refractivity contribution < 1.29 is 4.48 Å². The molecular formula is C21H41N2+. The number of unbranched alkanes of at least 4 members (excludes halogenated alkanes) is 13. The van der Waals surface area contributed by atoms with Crippen molar-refractivity contribution >= 4 is 6.34 Å². The summed E-state index contributed by atoms with van der Waals surface area (Å²) in [5, 5.41) is 0. The number of aliphatic imine (C=N–C) groups is 1. The molecule has 0 amide bonds. The first-order chi connectivity index (χ1) is 11.3. The molecule has 2 heteroatoms. The minimum Gasteiger partial charge on any atom is -0.254 e. The van der Waals surface area contributed by atoms with Gasteiger partial charge in [0, 0.05) is 0 Å². The molecule has 0 aromatic heterocycles. The second kappa shape index (κ2) is 13.8. The van der Waals surface area contributed by atoms with Gasteiger partial charge < -0.3 is 0 Å². The molecular weight excluding hydrogens is 280 g/mol. The van der Waals surface area contributed by atoms with E-state index in [9.17, 15) is 0 Å². The minimum absolute atomic E-state index is 0.915. The highest BCUT2D eigenvalue weighted by Gasteiger charge is 2.25. The van der Waals surface area contributed by atoms with Crippen LogP contribution in [0.3, 0.4) is 0 Å².